The summed E-state index contributed by atoms with van der Waals surface area (Å²) < 4.78 is 0. The van der Waals surface area contributed by atoms with Gasteiger partial charge in [0, 0.05) is 0 Å². The van der Waals surface area contributed by atoms with Crippen LogP contribution in [-0.2, 0) is 0 Å². The van der Waals surface area contributed by atoms with Gasteiger partial charge in [-0.3, -0.25) is 0 Å². The van der Waals surface area contributed by atoms with Gasteiger partial charge in [-0.25, -0.2) is 0 Å². The second kappa shape index (κ2) is 15.1. The van der Waals surface area contributed by atoms with Gasteiger partial charge in [0.1, 0.15) is 0 Å². The van der Waals surface area contributed by atoms with Gasteiger partial charge in [0.25, 0.3) is 0 Å². The van der Waals surface area contributed by atoms with Crippen molar-refractivity contribution in [1.29, 1.82) is 0 Å². The van der Waals surface area contributed by atoms with E-state index in [0.717, 1.165) is 29.1 Å². The Kier molecular flexibility index (Phi) is 12.5. The van der Waals surface area contributed by atoms with Crippen LogP contribution in [0.25, 0.3) is 0 Å². The van der Waals surface area contributed by atoms with Gasteiger partial charge in [-0.2, -0.15) is 0 Å². The molecule has 0 aliphatic heterocycles. The van der Waals surface area contributed by atoms with Crippen molar-refractivity contribution in [3.63, 3.8) is 0 Å². The normalized spacial score (nSPS) is 32.2. The van der Waals surface area contributed by atoms with Crippen LogP contribution < -0.4 is 0 Å². The first kappa shape index (κ1) is 26.6. The van der Waals surface area contributed by atoms with Crippen LogP contribution in [0.1, 0.15) is 174 Å². The third-order valence-corrected chi connectivity index (χ3v) is 10.3. The van der Waals surface area contributed by atoms with Crippen LogP contribution >= 0.6 is 0 Å². The lowest BCUT2D eigenvalue weighted by Gasteiger charge is -2.20. The van der Waals surface area contributed by atoms with Gasteiger partial charge in [-0.1, -0.05) is 149 Å². The molecule has 3 rings (SSSR count). The van der Waals surface area contributed by atoms with Crippen molar-refractivity contribution in [2.75, 3.05) is 0 Å². The van der Waals surface area contributed by atoms with E-state index in [2.05, 4.69) is 13.8 Å². The number of hydrogen-bond donors (Lipinski definition) is 0. The highest BCUT2D eigenvalue weighted by molar-refractivity contribution is 5.10. The number of rotatable bonds is 13. The minimum atomic E-state index is 0.836. The van der Waals surface area contributed by atoms with E-state index in [0.29, 0.717) is 0 Å². The second-order valence-corrected chi connectivity index (χ2v) is 12.6. The molecule has 32 heavy (non-hydrogen) atoms. The van der Waals surface area contributed by atoms with E-state index in [4.69, 9.17) is 0 Å². The van der Waals surface area contributed by atoms with E-state index < -0.39 is 0 Å². The summed E-state index contributed by atoms with van der Waals surface area (Å²) in [5, 5.41) is 0. The SMILES string of the molecule is CCCCCCCCC(CCC)CCCC1CCCCC23CCCCCCCC2C3CC1. The molecule has 0 radical (unpaired) electrons. The molecule has 5 atom stereocenters. The molecule has 0 bridgehead atoms. The summed E-state index contributed by atoms with van der Waals surface area (Å²) in [5.41, 5.74) is 0.836. The smallest absolute Gasteiger partial charge is 0.0235 e. The molecular weight excluding hydrogens is 384 g/mol. The van der Waals surface area contributed by atoms with Gasteiger partial charge in [0.15, 0.2) is 0 Å². The van der Waals surface area contributed by atoms with Crippen LogP contribution in [0.4, 0.5) is 0 Å². The average molecular weight is 445 g/mol. The Morgan fingerprint density at radius 2 is 1.22 bits per heavy atom. The van der Waals surface area contributed by atoms with Crippen molar-refractivity contribution in [3.05, 3.63) is 0 Å². The highest BCUT2D eigenvalue weighted by atomic mass is 14.7. The van der Waals surface area contributed by atoms with Gasteiger partial charge < -0.3 is 0 Å². The Labute approximate surface area is 203 Å². The molecule has 0 nitrogen and oxygen atoms in total. The van der Waals surface area contributed by atoms with E-state index >= 15 is 0 Å². The molecule has 1 spiro atoms. The van der Waals surface area contributed by atoms with Crippen LogP contribution in [0, 0.1) is 29.1 Å². The quantitative estimate of drug-likeness (QED) is 0.248. The minimum absolute atomic E-state index is 0.836. The molecule has 3 saturated carbocycles. The van der Waals surface area contributed by atoms with E-state index in [9.17, 15) is 0 Å². The summed E-state index contributed by atoms with van der Waals surface area (Å²) in [6, 6.07) is 0. The first-order valence-electron chi connectivity index (χ1n) is 15.8. The molecule has 0 aromatic heterocycles. The van der Waals surface area contributed by atoms with Crippen molar-refractivity contribution in [2.24, 2.45) is 29.1 Å². The predicted octanol–water partition coefficient (Wildman–Crippen LogP) is 11.3. The largest absolute Gasteiger partial charge is 0.0654 e. The molecule has 5 unspecified atom stereocenters. The molecule has 3 aliphatic carbocycles. The van der Waals surface area contributed by atoms with Crippen molar-refractivity contribution >= 4 is 0 Å². The standard InChI is InChI=1S/C32H60/c1-3-5-6-7-9-12-19-28(18-4-2)21-17-22-29-20-14-16-27-32-26-15-11-8-10-13-23-30(32)31(32)25-24-29/h28-31H,3-27H2,1-2H3. The fourth-order valence-electron chi connectivity index (χ4n) is 8.35. The highest BCUT2D eigenvalue weighted by Crippen LogP contribution is 2.69. The predicted molar refractivity (Wildman–Crippen MR) is 143 cm³/mol. The Bertz CT molecular complexity index is 467. The van der Waals surface area contributed by atoms with Gasteiger partial charge in [-0.05, 0) is 54.8 Å². The lowest BCUT2D eigenvalue weighted by Crippen LogP contribution is -2.06. The van der Waals surface area contributed by atoms with E-state index in [-0.39, 0.29) is 0 Å². The molecular formula is C32H60. The maximum atomic E-state index is 2.41. The Hall–Kier alpha value is 0. The van der Waals surface area contributed by atoms with E-state index in [1.165, 1.54) is 89.9 Å². The van der Waals surface area contributed by atoms with Crippen molar-refractivity contribution < 1.29 is 0 Å². The summed E-state index contributed by atoms with van der Waals surface area (Å²) in [4.78, 5) is 0. The van der Waals surface area contributed by atoms with Crippen LogP contribution in [0.15, 0.2) is 0 Å². The van der Waals surface area contributed by atoms with Crippen molar-refractivity contribution in [3.8, 4) is 0 Å². The number of unbranched alkanes of at least 4 members (excludes halogenated alkanes) is 5. The Balaban J connectivity index is 1.36. The van der Waals surface area contributed by atoms with Crippen molar-refractivity contribution in [1.82, 2.24) is 0 Å². The van der Waals surface area contributed by atoms with E-state index in [1.807, 2.05) is 0 Å². The summed E-state index contributed by atoms with van der Waals surface area (Å²) in [7, 11) is 0. The van der Waals surface area contributed by atoms with Gasteiger partial charge in [0.05, 0.1) is 0 Å². The monoisotopic (exact) mass is 444 g/mol. The second-order valence-electron chi connectivity index (χ2n) is 12.6. The summed E-state index contributed by atoms with van der Waals surface area (Å²) in [5.74, 6) is 4.39. The maximum absolute atomic E-state index is 2.41. The Morgan fingerprint density at radius 3 is 2.06 bits per heavy atom. The summed E-state index contributed by atoms with van der Waals surface area (Å²) in [6.45, 7) is 4.73. The summed E-state index contributed by atoms with van der Waals surface area (Å²) >= 11 is 0. The highest BCUT2D eigenvalue weighted by Gasteiger charge is 2.61. The van der Waals surface area contributed by atoms with Gasteiger partial charge in [-0.15, -0.1) is 0 Å². The van der Waals surface area contributed by atoms with Crippen LogP contribution in [-0.4, -0.2) is 0 Å². The molecule has 0 N–H and O–H groups in total. The molecule has 3 fully saturated rings. The molecule has 0 aromatic rings. The van der Waals surface area contributed by atoms with Crippen LogP contribution in [0.3, 0.4) is 0 Å². The Morgan fingerprint density at radius 1 is 0.562 bits per heavy atom. The summed E-state index contributed by atoms with van der Waals surface area (Å²) in [6.07, 6.45) is 38.1. The molecule has 0 heterocycles. The first-order valence-corrected chi connectivity index (χ1v) is 15.8. The van der Waals surface area contributed by atoms with Gasteiger partial charge >= 0.3 is 0 Å². The maximum Gasteiger partial charge on any atom is -0.0235 e. The zero-order valence-electron chi connectivity index (χ0n) is 22.5. The van der Waals surface area contributed by atoms with Crippen LogP contribution in [0.5, 0.6) is 0 Å². The number of fused-ring (bicyclic) bond motifs is 1. The zero-order valence-corrected chi connectivity index (χ0v) is 22.5. The minimum Gasteiger partial charge on any atom is -0.0654 e. The molecule has 0 heteroatoms. The molecule has 0 saturated heterocycles. The first-order chi connectivity index (χ1) is 15.8. The average Bonchev–Trinajstić information content (AvgIpc) is 3.34. The van der Waals surface area contributed by atoms with Crippen LogP contribution in [0.2, 0.25) is 0 Å². The fourth-order valence-corrected chi connectivity index (χ4v) is 8.35. The van der Waals surface area contributed by atoms with Gasteiger partial charge in [0.2, 0.25) is 0 Å². The molecule has 3 aliphatic rings. The lowest BCUT2D eigenvalue weighted by molar-refractivity contribution is 0.331. The molecule has 188 valence electrons. The third-order valence-electron chi connectivity index (χ3n) is 10.3. The van der Waals surface area contributed by atoms with E-state index in [1.54, 1.807) is 70.6 Å². The number of hydrogen-bond acceptors (Lipinski definition) is 0. The fraction of sp³-hybridized carbons (Fsp3) is 1.00. The zero-order chi connectivity index (χ0) is 22.5. The van der Waals surface area contributed by atoms with Crippen molar-refractivity contribution in [2.45, 2.75) is 174 Å². The molecule has 0 amide bonds. The lowest BCUT2D eigenvalue weighted by atomic mass is 9.86. The molecule has 0 aromatic carbocycles. The third kappa shape index (κ3) is 8.34. The topological polar surface area (TPSA) is 0 Å².